The van der Waals surface area contributed by atoms with Gasteiger partial charge in [0.1, 0.15) is 5.82 Å². The second-order valence-electron chi connectivity index (χ2n) is 2.25. The lowest BCUT2D eigenvalue weighted by Crippen LogP contribution is -2.14. The Morgan fingerprint density at radius 3 is 2.83 bits per heavy atom. The van der Waals surface area contributed by atoms with Crippen molar-refractivity contribution in [3.8, 4) is 0 Å². The van der Waals surface area contributed by atoms with Gasteiger partial charge in [0.05, 0.1) is 12.1 Å². The summed E-state index contributed by atoms with van der Waals surface area (Å²) in [6.07, 6.45) is 0. The number of hydrogen-bond acceptors (Lipinski definition) is 2. The molecule has 0 radical (unpaired) electrons. The molecule has 0 heterocycles. The molecule has 0 aliphatic rings. The Hall–Kier alpha value is -0.930. The summed E-state index contributed by atoms with van der Waals surface area (Å²) in [5.41, 5.74) is 5.01. The Morgan fingerprint density at radius 1 is 1.58 bits per heavy atom. The van der Waals surface area contributed by atoms with Crippen LogP contribution in [0.3, 0.4) is 0 Å². The van der Waals surface area contributed by atoms with E-state index >= 15 is 0 Å². The van der Waals surface area contributed by atoms with Crippen LogP contribution >= 0.6 is 11.6 Å². The summed E-state index contributed by atoms with van der Waals surface area (Å²) in [4.78, 5) is 11.0. The SMILES string of the molecule is NCC(=O)c1cc(Cl)ccc1F. The molecule has 1 aromatic carbocycles. The summed E-state index contributed by atoms with van der Waals surface area (Å²) >= 11 is 5.56. The Balaban J connectivity index is 3.13. The zero-order chi connectivity index (χ0) is 9.14. The Bertz CT molecular complexity index is 314. The molecule has 0 saturated heterocycles. The van der Waals surface area contributed by atoms with Crippen molar-refractivity contribution in [1.29, 1.82) is 0 Å². The third kappa shape index (κ3) is 1.81. The lowest BCUT2D eigenvalue weighted by Gasteiger charge is -1.99. The third-order valence-electron chi connectivity index (χ3n) is 1.41. The van der Waals surface area contributed by atoms with Gasteiger partial charge in [-0.25, -0.2) is 4.39 Å². The summed E-state index contributed by atoms with van der Waals surface area (Å²) in [5.74, 6) is -1.04. The van der Waals surface area contributed by atoms with Crippen LogP contribution in [0.2, 0.25) is 5.02 Å². The van der Waals surface area contributed by atoms with Gasteiger partial charge in [0.2, 0.25) is 0 Å². The molecule has 4 heteroatoms. The highest BCUT2D eigenvalue weighted by Gasteiger charge is 2.09. The van der Waals surface area contributed by atoms with Gasteiger partial charge in [0, 0.05) is 5.02 Å². The molecule has 0 spiro atoms. The topological polar surface area (TPSA) is 43.1 Å². The minimum absolute atomic E-state index is 0.0509. The molecule has 0 bridgehead atoms. The van der Waals surface area contributed by atoms with Gasteiger partial charge in [-0.1, -0.05) is 11.6 Å². The van der Waals surface area contributed by atoms with Gasteiger partial charge in [-0.05, 0) is 18.2 Å². The smallest absolute Gasteiger partial charge is 0.179 e. The lowest BCUT2D eigenvalue weighted by molar-refractivity contribution is 0.0997. The maximum Gasteiger partial charge on any atom is 0.179 e. The average Bonchev–Trinajstić information content (AvgIpc) is 2.08. The van der Waals surface area contributed by atoms with Crippen LogP contribution in [0.25, 0.3) is 0 Å². The van der Waals surface area contributed by atoms with Crippen molar-refractivity contribution < 1.29 is 9.18 Å². The number of carbonyl (C=O) groups excluding carboxylic acids is 1. The first-order valence-electron chi connectivity index (χ1n) is 3.33. The fourth-order valence-electron chi connectivity index (χ4n) is 0.821. The average molecular weight is 188 g/mol. The number of Topliss-reactive ketones (excluding diaryl/α,β-unsaturated/α-hetero) is 1. The molecular formula is C8H7ClFNO. The highest BCUT2D eigenvalue weighted by Crippen LogP contribution is 2.14. The van der Waals surface area contributed by atoms with Crippen molar-refractivity contribution >= 4 is 17.4 Å². The molecule has 0 saturated carbocycles. The van der Waals surface area contributed by atoms with Gasteiger partial charge in [-0.2, -0.15) is 0 Å². The zero-order valence-electron chi connectivity index (χ0n) is 6.18. The highest BCUT2D eigenvalue weighted by atomic mass is 35.5. The number of carbonyl (C=O) groups is 1. The van der Waals surface area contributed by atoms with E-state index in [2.05, 4.69) is 0 Å². The molecule has 0 aliphatic carbocycles. The lowest BCUT2D eigenvalue weighted by atomic mass is 10.1. The van der Waals surface area contributed by atoms with Crippen LogP contribution in [-0.2, 0) is 0 Å². The number of nitrogens with two attached hydrogens (primary N) is 1. The summed E-state index contributed by atoms with van der Waals surface area (Å²) in [7, 11) is 0. The van der Waals surface area contributed by atoms with E-state index in [-0.39, 0.29) is 12.1 Å². The summed E-state index contributed by atoms with van der Waals surface area (Å²) < 4.78 is 12.9. The van der Waals surface area contributed by atoms with Crippen molar-refractivity contribution in [2.24, 2.45) is 5.73 Å². The van der Waals surface area contributed by atoms with E-state index in [0.29, 0.717) is 5.02 Å². The van der Waals surface area contributed by atoms with E-state index in [9.17, 15) is 9.18 Å². The number of halogens is 2. The Morgan fingerprint density at radius 2 is 2.25 bits per heavy atom. The second kappa shape index (κ2) is 3.65. The summed E-state index contributed by atoms with van der Waals surface area (Å²) in [6.45, 7) is -0.211. The molecule has 12 heavy (non-hydrogen) atoms. The van der Waals surface area contributed by atoms with E-state index < -0.39 is 11.6 Å². The van der Waals surface area contributed by atoms with E-state index in [1.807, 2.05) is 0 Å². The Kier molecular flexibility index (Phi) is 2.78. The van der Waals surface area contributed by atoms with Crippen LogP contribution in [0.4, 0.5) is 4.39 Å². The molecule has 1 rings (SSSR count). The quantitative estimate of drug-likeness (QED) is 0.715. The predicted molar refractivity (Wildman–Crippen MR) is 44.8 cm³/mol. The number of benzene rings is 1. The highest BCUT2D eigenvalue weighted by molar-refractivity contribution is 6.31. The van der Waals surface area contributed by atoms with Gasteiger partial charge < -0.3 is 5.73 Å². The van der Waals surface area contributed by atoms with Gasteiger partial charge in [0.15, 0.2) is 5.78 Å². The van der Waals surface area contributed by atoms with E-state index in [1.54, 1.807) is 0 Å². The van der Waals surface area contributed by atoms with Crippen LogP contribution in [0, 0.1) is 5.82 Å². The maximum absolute atomic E-state index is 12.9. The molecule has 1 aromatic rings. The van der Waals surface area contributed by atoms with Gasteiger partial charge in [-0.3, -0.25) is 4.79 Å². The number of hydrogen-bond donors (Lipinski definition) is 1. The minimum Gasteiger partial charge on any atom is -0.324 e. The molecule has 0 aromatic heterocycles. The second-order valence-corrected chi connectivity index (χ2v) is 2.69. The van der Waals surface area contributed by atoms with Gasteiger partial charge >= 0.3 is 0 Å². The fraction of sp³-hybridized carbons (Fsp3) is 0.125. The zero-order valence-corrected chi connectivity index (χ0v) is 6.94. The Labute approximate surface area is 74.1 Å². The summed E-state index contributed by atoms with van der Waals surface area (Å²) in [5, 5.41) is 0.327. The van der Waals surface area contributed by atoms with Crippen molar-refractivity contribution in [3.63, 3.8) is 0 Å². The fourth-order valence-corrected chi connectivity index (χ4v) is 0.993. The largest absolute Gasteiger partial charge is 0.324 e. The standard InChI is InChI=1S/C8H7ClFNO/c9-5-1-2-7(10)6(3-5)8(12)4-11/h1-3H,4,11H2. The molecule has 0 amide bonds. The minimum atomic E-state index is -0.588. The van der Waals surface area contributed by atoms with E-state index in [0.717, 1.165) is 6.07 Å². The normalized spacial score (nSPS) is 9.92. The molecule has 0 atom stereocenters. The van der Waals surface area contributed by atoms with Crippen LogP contribution in [0.5, 0.6) is 0 Å². The molecule has 64 valence electrons. The van der Waals surface area contributed by atoms with Crippen LogP contribution in [0.1, 0.15) is 10.4 Å². The summed E-state index contributed by atoms with van der Waals surface area (Å²) in [6, 6.07) is 3.79. The first-order valence-corrected chi connectivity index (χ1v) is 3.71. The van der Waals surface area contributed by atoms with Crippen LogP contribution in [-0.4, -0.2) is 12.3 Å². The first-order chi connectivity index (χ1) is 5.65. The van der Waals surface area contributed by atoms with Gasteiger partial charge in [0.25, 0.3) is 0 Å². The molecule has 0 fully saturated rings. The van der Waals surface area contributed by atoms with Gasteiger partial charge in [-0.15, -0.1) is 0 Å². The predicted octanol–water partition coefficient (Wildman–Crippen LogP) is 1.62. The number of rotatable bonds is 2. The van der Waals surface area contributed by atoms with Crippen LogP contribution < -0.4 is 5.73 Å². The van der Waals surface area contributed by atoms with E-state index in [4.69, 9.17) is 17.3 Å². The number of ketones is 1. The van der Waals surface area contributed by atoms with Crippen molar-refractivity contribution in [3.05, 3.63) is 34.6 Å². The van der Waals surface area contributed by atoms with Crippen LogP contribution in [0.15, 0.2) is 18.2 Å². The van der Waals surface area contributed by atoms with Crippen molar-refractivity contribution in [1.82, 2.24) is 0 Å². The molecular weight excluding hydrogens is 181 g/mol. The molecule has 2 nitrogen and oxygen atoms in total. The monoisotopic (exact) mass is 187 g/mol. The van der Waals surface area contributed by atoms with E-state index in [1.165, 1.54) is 12.1 Å². The molecule has 0 unspecified atom stereocenters. The first kappa shape index (κ1) is 9.16. The molecule has 2 N–H and O–H groups in total. The third-order valence-corrected chi connectivity index (χ3v) is 1.65. The van der Waals surface area contributed by atoms with Crippen molar-refractivity contribution in [2.45, 2.75) is 0 Å². The molecule has 0 aliphatic heterocycles. The van der Waals surface area contributed by atoms with Crippen molar-refractivity contribution in [2.75, 3.05) is 6.54 Å². The maximum atomic E-state index is 12.9.